The van der Waals surface area contributed by atoms with Gasteiger partial charge in [0.1, 0.15) is 6.29 Å². The van der Waals surface area contributed by atoms with Crippen LogP contribution in [-0.4, -0.2) is 6.29 Å². The lowest BCUT2D eigenvalue weighted by Crippen LogP contribution is -1.87. The number of allylic oxidation sites excluding steroid dienone is 2. The van der Waals surface area contributed by atoms with Crippen molar-refractivity contribution in [2.24, 2.45) is 0 Å². The first-order valence-corrected chi connectivity index (χ1v) is 6.13. The summed E-state index contributed by atoms with van der Waals surface area (Å²) in [7, 11) is 0. The van der Waals surface area contributed by atoms with Crippen molar-refractivity contribution < 1.29 is 4.79 Å². The molecule has 2 aromatic carbocycles. The molecule has 88 valence electrons. The summed E-state index contributed by atoms with van der Waals surface area (Å²) in [5.74, 6) is 0. The molecule has 0 bridgehead atoms. The molecule has 0 unspecified atom stereocenters. The fourth-order valence-electron chi connectivity index (χ4n) is 2.56. The molecular weight excluding hydrogens is 220 g/mol. The van der Waals surface area contributed by atoms with Gasteiger partial charge in [0, 0.05) is 6.42 Å². The van der Waals surface area contributed by atoms with Gasteiger partial charge in [-0.1, -0.05) is 48.5 Å². The van der Waals surface area contributed by atoms with Crippen LogP contribution in [0.25, 0.3) is 16.7 Å². The first-order chi connectivity index (χ1) is 8.79. The predicted octanol–water partition coefficient (Wildman–Crippen LogP) is 3.88. The van der Waals surface area contributed by atoms with Crippen molar-refractivity contribution in [1.29, 1.82) is 0 Å². The Morgan fingerprint density at radius 1 is 1.00 bits per heavy atom. The fraction of sp³-hybridized carbons (Fsp3) is 0.118. The first kappa shape index (κ1) is 11.0. The molecule has 18 heavy (non-hydrogen) atoms. The third-order valence-corrected chi connectivity index (χ3v) is 3.62. The van der Waals surface area contributed by atoms with Crippen LogP contribution in [0.5, 0.6) is 0 Å². The Labute approximate surface area is 107 Å². The highest BCUT2D eigenvalue weighted by Gasteiger charge is 2.18. The van der Waals surface area contributed by atoms with E-state index in [1.165, 1.54) is 22.3 Å². The molecule has 0 saturated carbocycles. The van der Waals surface area contributed by atoms with E-state index in [-0.39, 0.29) is 0 Å². The summed E-state index contributed by atoms with van der Waals surface area (Å²) in [6, 6.07) is 16.8. The van der Waals surface area contributed by atoms with Gasteiger partial charge in [-0.3, -0.25) is 4.79 Å². The van der Waals surface area contributed by atoms with Gasteiger partial charge in [0.05, 0.1) is 0 Å². The van der Waals surface area contributed by atoms with Crippen LogP contribution >= 0.6 is 0 Å². The van der Waals surface area contributed by atoms with Gasteiger partial charge in [-0.05, 0) is 40.3 Å². The van der Waals surface area contributed by atoms with Crippen LogP contribution in [-0.2, 0) is 11.2 Å². The zero-order valence-electron chi connectivity index (χ0n) is 10.3. The molecule has 1 heteroatoms. The molecule has 1 aliphatic rings. The number of aldehydes is 1. The van der Waals surface area contributed by atoms with E-state index in [4.69, 9.17) is 0 Å². The van der Waals surface area contributed by atoms with Crippen LogP contribution in [0.2, 0.25) is 0 Å². The topological polar surface area (TPSA) is 17.1 Å². The average molecular weight is 234 g/mol. The van der Waals surface area contributed by atoms with Gasteiger partial charge in [-0.25, -0.2) is 0 Å². The molecule has 1 nitrogen and oxygen atoms in total. The predicted molar refractivity (Wildman–Crippen MR) is 74.2 cm³/mol. The van der Waals surface area contributed by atoms with Gasteiger partial charge in [0.15, 0.2) is 0 Å². The quantitative estimate of drug-likeness (QED) is 0.721. The molecule has 0 N–H and O–H groups in total. The van der Waals surface area contributed by atoms with E-state index in [0.29, 0.717) is 0 Å². The Bertz CT molecular complexity index is 636. The Kier molecular flexibility index (Phi) is 2.60. The summed E-state index contributed by atoms with van der Waals surface area (Å²) >= 11 is 0. The van der Waals surface area contributed by atoms with Crippen molar-refractivity contribution in [3.05, 3.63) is 65.2 Å². The van der Waals surface area contributed by atoms with Crippen molar-refractivity contribution in [3.8, 4) is 11.1 Å². The van der Waals surface area contributed by atoms with E-state index in [0.717, 1.165) is 23.9 Å². The monoisotopic (exact) mass is 234 g/mol. The fourth-order valence-corrected chi connectivity index (χ4v) is 2.56. The van der Waals surface area contributed by atoms with Crippen molar-refractivity contribution in [1.82, 2.24) is 0 Å². The third-order valence-electron chi connectivity index (χ3n) is 3.62. The first-order valence-electron chi connectivity index (χ1n) is 6.13. The van der Waals surface area contributed by atoms with Gasteiger partial charge in [0.25, 0.3) is 0 Å². The minimum absolute atomic E-state index is 0.769. The largest absolute Gasteiger partial charge is 0.298 e. The van der Waals surface area contributed by atoms with Crippen LogP contribution in [0.3, 0.4) is 0 Å². The Balaban J connectivity index is 2.05. The molecule has 0 aliphatic heterocycles. The molecule has 0 amide bonds. The number of rotatable bonds is 2. The van der Waals surface area contributed by atoms with Crippen LogP contribution in [0.1, 0.15) is 18.1 Å². The summed E-state index contributed by atoms with van der Waals surface area (Å²) in [5.41, 5.74) is 6.95. The van der Waals surface area contributed by atoms with E-state index in [2.05, 4.69) is 30.3 Å². The van der Waals surface area contributed by atoms with E-state index in [1.54, 1.807) is 0 Å². The zero-order valence-corrected chi connectivity index (χ0v) is 10.3. The molecule has 1 aliphatic carbocycles. The summed E-state index contributed by atoms with van der Waals surface area (Å²) < 4.78 is 0. The van der Waals surface area contributed by atoms with Crippen LogP contribution in [0.15, 0.2) is 54.1 Å². The molecule has 2 aromatic rings. The van der Waals surface area contributed by atoms with Crippen molar-refractivity contribution >= 4 is 11.9 Å². The highest BCUT2D eigenvalue weighted by atomic mass is 16.1. The maximum absolute atomic E-state index is 11.0. The second-order valence-electron chi connectivity index (χ2n) is 4.68. The van der Waals surface area contributed by atoms with Gasteiger partial charge in [-0.15, -0.1) is 0 Å². The number of carbonyl (C=O) groups is 1. The maximum Gasteiger partial charge on any atom is 0.146 e. The minimum Gasteiger partial charge on any atom is -0.298 e. The Hall–Kier alpha value is -2.15. The zero-order chi connectivity index (χ0) is 12.5. The molecule has 0 saturated heterocycles. The molecule has 0 heterocycles. The van der Waals surface area contributed by atoms with Crippen LogP contribution in [0.4, 0.5) is 0 Å². The number of hydrogen-bond donors (Lipinski definition) is 0. The lowest BCUT2D eigenvalue weighted by atomic mass is 9.99. The maximum atomic E-state index is 11.0. The molecule has 0 spiro atoms. The SMILES string of the molecule is CC1=C(C=O)Cc2cc(-c3ccccc3)ccc21. The van der Waals surface area contributed by atoms with Crippen molar-refractivity contribution in [2.75, 3.05) is 0 Å². The van der Waals surface area contributed by atoms with Gasteiger partial charge < -0.3 is 0 Å². The van der Waals surface area contributed by atoms with Crippen LogP contribution < -0.4 is 0 Å². The highest BCUT2D eigenvalue weighted by Crippen LogP contribution is 2.34. The normalized spacial score (nSPS) is 13.6. The summed E-state index contributed by atoms with van der Waals surface area (Å²) in [5, 5.41) is 0. The standard InChI is InChI=1S/C17H14O/c1-12-16(11-18)10-15-9-14(7-8-17(12)15)13-5-3-2-4-6-13/h2-9,11H,10H2,1H3. The highest BCUT2D eigenvalue weighted by molar-refractivity contribution is 5.93. The van der Waals surface area contributed by atoms with E-state index in [1.807, 2.05) is 25.1 Å². The second kappa shape index (κ2) is 4.26. The Morgan fingerprint density at radius 3 is 2.50 bits per heavy atom. The summed E-state index contributed by atoms with van der Waals surface area (Å²) in [4.78, 5) is 11.0. The van der Waals surface area contributed by atoms with Gasteiger partial charge in [-0.2, -0.15) is 0 Å². The molecule has 0 radical (unpaired) electrons. The van der Waals surface area contributed by atoms with Gasteiger partial charge in [0.2, 0.25) is 0 Å². The molecular formula is C17H14O. The Morgan fingerprint density at radius 2 is 1.78 bits per heavy atom. The number of fused-ring (bicyclic) bond motifs is 1. The molecule has 0 atom stereocenters. The van der Waals surface area contributed by atoms with Crippen molar-refractivity contribution in [3.63, 3.8) is 0 Å². The number of carbonyl (C=O) groups excluding carboxylic acids is 1. The number of benzene rings is 2. The van der Waals surface area contributed by atoms with E-state index >= 15 is 0 Å². The lowest BCUT2D eigenvalue weighted by molar-refractivity contribution is -0.104. The van der Waals surface area contributed by atoms with E-state index in [9.17, 15) is 4.79 Å². The lowest BCUT2D eigenvalue weighted by Gasteiger charge is -2.06. The average Bonchev–Trinajstić information content (AvgIpc) is 2.76. The summed E-state index contributed by atoms with van der Waals surface area (Å²) in [6.45, 7) is 2.03. The smallest absolute Gasteiger partial charge is 0.146 e. The molecule has 0 aromatic heterocycles. The van der Waals surface area contributed by atoms with Crippen LogP contribution in [0, 0.1) is 0 Å². The third kappa shape index (κ3) is 1.68. The van der Waals surface area contributed by atoms with Crippen molar-refractivity contribution in [2.45, 2.75) is 13.3 Å². The second-order valence-corrected chi connectivity index (χ2v) is 4.68. The molecule has 0 fully saturated rings. The summed E-state index contributed by atoms with van der Waals surface area (Å²) in [6.07, 6.45) is 1.75. The minimum atomic E-state index is 0.769. The molecule has 3 rings (SSSR count). The van der Waals surface area contributed by atoms with Gasteiger partial charge >= 0.3 is 0 Å². The number of hydrogen-bond acceptors (Lipinski definition) is 1. The van der Waals surface area contributed by atoms with E-state index < -0.39 is 0 Å².